The average Bonchev–Trinajstić information content (AvgIpc) is 2.91. The molecular formula is C17H14ClNO2. The smallest absolute Gasteiger partial charge is 0.287 e. The Morgan fingerprint density at radius 3 is 2.71 bits per heavy atom. The van der Waals surface area contributed by atoms with Gasteiger partial charge in [0.2, 0.25) is 0 Å². The summed E-state index contributed by atoms with van der Waals surface area (Å²) in [5.74, 6) is 0.0729. The maximum absolute atomic E-state index is 12.2. The fraction of sp³-hybridized carbons (Fsp3) is 0.118. The second-order valence-corrected chi connectivity index (χ2v) is 5.34. The van der Waals surface area contributed by atoms with Crippen LogP contribution in [0.4, 0.5) is 0 Å². The number of para-hydroxylation sites is 1. The lowest BCUT2D eigenvalue weighted by Gasteiger charge is -2.13. The molecule has 1 N–H and O–H groups in total. The van der Waals surface area contributed by atoms with E-state index in [1.54, 1.807) is 12.1 Å². The normalized spacial score (nSPS) is 12.3. The summed E-state index contributed by atoms with van der Waals surface area (Å²) in [5.41, 5.74) is 1.66. The monoisotopic (exact) mass is 299 g/mol. The first kappa shape index (κ1) is 13.7. The Balaban J connectivity index is 1.79. The highest BCUT2D eigenvalue weighted by molar-refractivity contribution is 6.30. The van der Waals surface area contributed by atoms with Gasteiger partial charge >= 0.3 is 0 Å². The number of fused-ring (bicyclic) bond motifs is 1. The van der Waals surface area contributed by atoms with Crippen molar-refractivity contribution in [3.63, 3.8) is 0 Å². The van der Waals surface area contributed by atoms with Crippen LogP contribution in [0.1, 0.15) is 29.1 Å². The third-order valence-electron chi connectivity index (χ3n) is 3.35. The number of benzene rings is 2. The quantitative estimate of drug-likeness (QED) is 0.769. The highest BCUT2D eigenvalue weighted by Crippen LogP contribution is 2.21. The fourth-order valence-electron chi connectivity index (χ4n) is 2.22. The minimum atomic E-state index is -0.237. The molecule has 3 aromatic rings. The Labute approximate surface area is 127 Å². The number of amides is 1. The number of nitrogens with one attached hydrogen (secondary N) is 1. The van der Waals surface area contributed by atoms with Gasteiger partial charge in [-0.15, -0.1) is 0 Å². The predicted octanol–water partition coefficient (Wildman–Crippen LogP) is 4.58. The van der Waals surface area contributed by atoms with Crippen molar-refractivity contribution in [3.05, 3.63) is 70.9 Å². The highest BCUT2D eigenvalue weighted by Gasteiger charge is 2.15. The van der Waals surface area contributed by atoms with Crippen molar-refractivity contribution < 1.29 is 9.21 Å². The third-order valence-corrected chi connectivity index (χ3v) is 3.58. The first-order valence-corrected chi connectivity index (χ1v) is 7.06. The van der Waals surface area contributed by atoms with Crippen molar-refractivity contribution in [1.29, 1.82) is 0 Å². The summed E-state index contributed by atoms with van der Waals surface area (Å²) in [4.78, 5) is 12.2. The van der Waals surface area contributed by atoms with Gasteiger partial charge in [-0.25, -0.2) is 0 Å². The summed E-state index contributed by atoms with van der Waals surface area (Å²) in [6.45, 7) is 1.91. The fourth-order valence-corrected chi connectivity index (χ4v) is 2.42. The molecule has 0 fully saturated rings. The summed E-state index contributed by atoms with van der Waals surface area (Å²) in [5, 5.41) is 4.47. The maximum Gasteiger partial charge on any atom is 0.287 e. The van der Waals surface area contributed by atoms with Gasteiger partial charge in [-0.2, -0.15) is 0 Å². The minimum Gasteiger partial charge on any atom is -0.451 e. The zero-order valence-electron chi connectivity index (χ0n) is 11.5. The van der Waals surface area contributed by atoms with Crippen molar-refractivity contribution in [2.75, 3.05) is 0 Å². The van der Waals surface area contributed by atoms with Crippen molar-refractivity contribution in [2.24, 2.45) is 0 Å². The Bertz CT molecular complexity index is 761. The van der Waals surface area contributed by atoms with Gasteiger partial charge in [0.1, 0.15) is 5.58 Å². The molecule has 0 aliphatic carbocycles. The van der Waals surface area contributed by atoms with Gasteiger partial charge in [0.05, 0.1) is 6.04 Å². The van der Waals surface area contributed by atoms with Crippen LogP contribution in [0.5, 0.6) is 0 Å². The SMILES string of the molecule is C[C@@H](NC(=O)c1cc2ccccc2o1)c1cccc(Cl)c1. The van der Waals surface area contributed by atoms with Crippen LogP contribution in [-0.2, 0) is 0 Å². The molecule has 0 aliphatic heterocycles. The number of hydrogen-bond acceptors (Lipinski definition) is 2. The minimum absolute atomic E-state index is 0.149. The zero-order chi connectivity index (χ0) is 14.8. The molecule has 4 heteroatoms. The third kappa shape index (κ3) is 2.93. The molecule has 1 aromatic heterocycles. The van der Waals surface area contributed by atoms with Crippen molar-refractivity contribution in [3.8, 4) is 0 Å². The molecule has 106 valence electrons. The van der Waals surface area contributed by atoms with Crippen LogP contribution in [0, 0.1) is 0 Å². The maximum atomic E-state index is 12.2. The lowest BCUT2D eigenvalue weighted by molar-refractivity contribution is 0.0914. The van der Waals surface area contributed by atoms with Gasteiger partial charge in [-0.1, -0.05) is 41.9 Å². The van der Waals surface area contributed by atoms with Crippen LogP contribution in [0.2, 0.25) is 5.02 Å². The predicted molar refractivity (Wildman–Crippen MR) is 83.5 cm³/mol. The number of hydrogen-bond donors (Lipinski definition) is 1. The molecule has 1 amide bonds. The van der Waals surface area contributed by atoms with Gasteiger partial charge in [0.25, 0.3) is 5.91 Å². The second kappa shape index (κ2) is 5.62. The van der Waals surface area contributed by atoms with E-state index in [0.717, 1.165) is 10.9 Å². The Hall–Kier alpha value is -2.26. The van der Waals surface area contributed by atoms with Crippen LogP contribution >= 0.6 is 11.6 Å². The molecule has 0 aliphatic rings. The lowest BCUT2D eigenvalue weighted by atomic mass is 10.1. The van der Waals surface area contributed by atoms with Crippen LogP contribution in [0.25, 0.3) is 11.0 Å². The first-order valence-electron chi connectivity index (χ1n) is 6.68. The molecule has 3 rings (SSSR count). The van der Waals surface area contributed by atoms with Crippen LogP contribution < -0.4 is 5.32 Å². The second-order valence-electron chi connectivity index (χ2n) is 4.90. The zero-order valence-corrected chi connectivity index (χ0v) is 12.2. The number of halogens is 1. The van der Waals surface area contributed by atoms with E-state index in [4.69, 9.17) is 16.0 Å². The van der Waals surface area contributed by atoms with E-state index in [1.165, 1.54) is 0 Å². The number of carbonyl (C=O) groups is 1. The molecule has 1 atom stereocenters. The average molecular weight is 300 g/mol. The van der Waals surface area contributed by atoms with Crippen molar-refractivity contribution >= 4 is 28.5 Å². The van der Waals surface area contributed by atoms with Crippen molar-refractivity contribution in [1.82, 2.24) is 5.32 Å². The summed E-state index contributed by atoms with van der Waals surface area (Å²) in [6, 6.07) is 16.6. The molecular weight excluding hydrogens is 286 g/mol. The molecule has 0 spiro atoms. The molecule has 3 nitrogen and oxygen atoms in total. The van der Waals surface area contributed by atoms with Crippen LogP contribution in [0.15, 0.2) is 59.0 Å². The lowest BCUT2D eigenvalue weighted by Crippen LogP contribution is -2.26. The number of rotatable bonds is 3. The van der Waals surface area contributed by atoms with E-state index in [0.29, 0.717) is 16.4 Å². The van der Waals surface area contributed by atoms with Gasteiger partial charge < -0.3 is 9.73 Å². The molecule has 0 saturated heterocycles. The Morgan fingerprint density at radius 2 is 1.95 bits per heavy atom. The summed E-state index contributed by atoms with van der Waals surface area (Å²) in [7, 11) is 0. The van der Waals surface area contributed by atoms with Gasteiger partial charge in [-0.05, 0) is 36.8 Å². The van der Waals surface area contributed by atoms with Gasteiger partial charge in [0, 0.05) is 10.4 Å². The van der Waals surface area contributed by atoms with E-state index in [1.807, 2.05) is 49.4 Å². The number of carbonyl (C=O) groups excluding carboxylic acids is 1. The Kier molecular flexibility index (Phi) is 3.67. The number of furan rings is 1. The molecule has 21 heavy (non-hydrogen) atoms. The van der Waals surface area contributed by atoms with E-state index < -0.39 is 0 Å². The topological polar surface area (TPSA) is 42.2 Å². The summed E-state index contributed by atoms with van der Waals surface area (Å²) < 4.78 is 5.55. The van der Waals surface area contributed by atoms with Crippen LogP contribution in [0.3, 0.4) is 0 Å². The molecule has 0 unspecified atom stereocenters. The molecule has 2 aromatic carbocycles. The van der Waals surface area contributed by atoms with Gasteiger partial charge in [0.15, 0.2) is 5.76 Å². The van der Waals surface area contributed by atoms with Gasteiger partial charge in [-0.3, -0.25) is 4.79 Å². The van der Waals surface area contributed by atoms with E-state index in [2.05, 4.69) is 5.32 Å². The standard InChI is InChI=1S/C17H14ClNO2/c1-11(12-6-4-7-14(18)9-12)19-17(20)16-10-13-5-2-3-8-15(13)21-16/h2-11H,1H3,(H,19,20)/t11-/m1/s1. The van der Waals surface area contributed by atoms with E-state index in [-0.39, 0.29) is 11.9 Å². The molecule has 0 radical (unpaired) electrons. The molecule has 0 saturated carbocycles. The largest absolute Gasteiger partial charge is 0.451 e. The summed E-state index contributed by atoms with van der Waals surface area (Å²) in [6.07, 6.45) is 0. The Morgan fingerprint density at radius 1 is 1.14 bits per heavy atom. The first-order chi connectivity index (χ1) is 10.1. The van der Waals surface area contributed by atoms with E-state index in [9.17, 15) is 4.79 Å². The highest BCUT2D eigenvalue weighted by atomic mass is 35.5. The molecule has 0 bridgehead atoms. The van der Waals surface area contributed by atoms with Crippen LogP contribution in [-0.4, -0.2) is 5.91 Å². The molecule has 1 heterocycles. The summed E-state index contributed by atoms with van der Waals surface area (Å²) >= 11 is 5.96. The van der Waals surface area contributed by atoms with E-state index >= 15 is 0 Å². The van der Waals surface area contributed by atoms with Crippen molar-refractivity contribution in [2.45, 2.75) is 13.0 Å².